The molecule has 0 amide bonds. The third-order valence-electron chi connectivity index (χ3n) is 6.58. The minimum Gasteiger partial charge on any atom is -0.371 e. The Morgan fingerprint density at radius 3 is 2.35 bits per heavy atom. The van der Waals surface area contributed by atoms with Crippen molar-refractivity contribution in [2.75, 3.05) is 11.9 Å². The predicted octanol–water partition coefficient (Wildman–Crippen LogP) is 6.59. The van der Waals surface area contributed by atoms with Crippen molar-refractivity contribution in [2.24, 2.45) is 0 Å². The Hall–Kier alpha value is -2.37. The van der Waals surface area contributed by atoms with Crippen LogP contribution in [0.3, 0.4) is 0 Å². The molecule has 0 heterocycles. The first-order valence-electron chi connectivity index (χ1n) is 10.9. The van der Waals surface area contributed by atoms with Gasteiger partial charge < -0.3 is 4.90 Å². The summed E-state index contributed by atoms with van der Waals surface area (Å²) in [5.74, 6) is -0.364. The number of hydrogen-bond donors (Lipinski definition) is 0. The van der Waals surface area contributed by atoms with Crippen LogP contribution in [0, 0.1) is 6.92 Å². The molecule has 1 aromatic rings. The van der Waals surface area contributed by atoms with E-state index >= 15 is 0 Å². The molecule has 3 rings (SSSR count). The zero-order valence-electron chi connectivity index (χ0n) is 18.7. The van der Waals surface area contributed by atoms with Crippen LogP contribution in [0.1, 0.15) is 80.3 Å². The summed E-state index contributed by atoms with van der Waals surface area (Å²) in [5, 5.41) is 0. The van der Waals surface area contributed by atoms with E-state index in [0.717, 1.165) is 49.0 Å². The molecule has 0 radical (unpaired) electrons. The minimum absolute atomic E-state index is 0.00674. The lowest BCUT2D eigenvalue weighted by Crippen LogP contribution is -2.30. The Labute approximate surface area is 182 Å². The lowest BCUT2D eigenvalue weighted by atomic mass is 9.88. The topological polar surface area (TPSA) is 37.4 Å². The highest BCUT2D eigenvalue weighted by atomic mass is 19.4. The number of halogens is 3. The number of rotatable bonds is 6. The first-order chi connectivity index (χ1) is 14.5. The van der Waals surface area contributed by atoms with Crippen LogP contribution in [0.5, 0.6) is 0 Å². The summed E-state index contributed by atoms with van der Waals surface area (Å²) in [5.41, 5.74) is 2.75. The Kier molecular flexibility index (Phi) is 6.77. The zero-order valence-corrected chi connectivity index (χ0v) is 18.7. The van der Waals surface area contributed by atoms with Crippen LogP contribution < -0.4 is 4.90 Å². The number of carbonyl (C=O) groups excluding carboxylic acids is 2. The molecule has 0 spiro atoms. The standard InChI is InChI=1S/C25H30F3NO2/c1-15-11-16(2)20(24(31)12-15)9-10-23(30)21-13-18(25(26,27)28)14-22(17(21)3)29(4)19-7-5-6-8-19/h11,13-14,19H,5-10,12H2,1-4H3. The number of ketones is 2. The maximum absolute atomic E-state index is 13.6. The highest BCUT2D eigenvalue weighted by Gasteiger charge is 2.34. The van der Waals surface area contributed by atoms with Gasteiger partial charge in [0.25, 0.3) is 0 Å². The van der Waals surface area contributed by atoms with Gasteiger partial charge >= 0.3 is 6.18 Å². The molecule has 3 nitrogen and oxygen atoms in total. The summed E-state index contributed by atoms with van der Waals surface area (Å²) < 4.78 is 40.8. The van der Waals surface area contributed by atoms with Crippen LogP contribution >= 0.6 is 0 Å². The van der Waals surface area contributed by atoms with Crippen molar-refractivity contribution in [3.8, 4) is 0 Å². The Balaban J connectivity index is 1.92. The quantitative estimate of drug-likeness (QED) is 0.475. The molecule has 0 unspecified atom stereocenters. The van der Waals surface area contributed by atoms with Gasteiger partial charge in [-0.2, -0.15) is 13.2 Å². The summed E-state index contributed by atoms with van der Waals surface area (Å²) in [6.45, 7) is 5.44. The molecule has 2 aliphatic carbocycles. The molecular formula is C25H30F3NO2. The van der Waals surface area contributed by atoms with E-state index < -0.39 is 11.7 Å². The third-order valence-corrected chi connectivity index (χ3v) is 6.58. The Morgan fingerprint density at radius 2 is 1.77 bits per heavy atom. The fourth-order valence-electron chi connectivity index (χ4n) is 4.80. The molecule has 2 aliphatic rings. The molecule has 0 atom stereocenters. The highest BCUT2D eigenvalue weighted by Crippen LogP contribution is 2.38. The number of nitrogens with zero attached hydrogens (tertiary/aromatic N) is 1. The first kappa shape index (κ1) is 23.3. The molecule has 1 saturated carbocycles. The number of allylic oxidation sites excluding steroid dienone is 4. The number of Topliss-reactive ketones (excluding diaryl/α,β-unsaturated/α-hetero) is 2. The van der Waals surface area contributed by atoms with Crippen LogP contribution in [-0.2, 0) is 11.0 Å². The van der Waals surface area contributed by atoms with Gasteiger partial charge in [-0.3, -0.25) is 9.59 Å². The van der Waals surface area contributed by atoms with Crippen LogP contribution in [0.25, 0.3) is 0 Å². The molecule has 1 aromatic carbocycles. The minimum atomic E-state index is -4.53. The second-order valence-electron chi connectivity index (χ2n) is 8.89. The second-order valence-corrected chi connectivity index (χ2v) is 8.89. The van der Waals surface area contributed by atoms with Crippen molar-refractivity contribution in [1.82, 2.24) is 0 Å². The largest absolute Gasteiger partial charge is 0.416 e. The van der Waals surface area contributed by atoms with Crippen LogP contribution in [-0.4, -0.2) is 24.7 Å². The fraction of sp³-hybridized carbons (Fsp3) is 0.520. The van der Waals surface area contributed by atoms with Gasteiger partial charge in [-0.15, -0.1) is 0 Å². The third kappa shape index (κ3) is 5.10. The van der Waals surface area contributed by atoms with E-state index in [1.165, 1.54) is 0 Å². The van der Waals surface area contributed by atoms with Crippen molar-refractivity contribution in [3.63, 3.8) is 0 Å². The van der Waals surface area contributed by atoms with Crippen LogP contribution in [0.4, 0.5) is 18.9 Å². The second kappa shape index (κ2) is 9.01. The van der Waals surface area contributed by atoms with Crippen molar-refractivity contribution in [3.05, 3.63) is 51.6 Å². The predicted molar refractivity (Wildman–Crippen MR) is 116 cm³/mol. The van der Waals surface area contributed by atoms with E-state index in [2.05, 4.69) is 0 Å². The van der Waals surface area contributed by atoms with Gasteiger partial charge in [-0.05, 0) is 68.9 Å². The van der Waals surface area contributed by atoms with Crippen molar-refractivity contribution < 1.29 is 22.8 Å². The van der Waals surface area contributed by atoms with Crippen LogP contribution in [0.15, 0.2) is 34.9 Å². The van der Waals surface area contributed by atoms with Crippen molar-refractivity contribution in [1.29, 1.82) is 0 Å². The van der Waals surface area contributed by atoms with Gasteiger partial charge in [-0.1, -0.05) is 24.5 Å². The molecule has 1 fully saturated rings. The van der Waals surface area contributed by atoms with Crippen molar-refractivity contribution >= 4 is 17.3 Å². The Morgan fingerprint density at radius 1 is 1.13 bits per heavy atom. The van der Waals surface area contributed by atoms with E-state index in [1.54, 1.807) is 6.92 Å². The van der Waals surface area contributed by atoms with Gasteiger partial charge in [0.2, 0.25) is 0 Å². The molecule has 0 bridgehead atoms. The molecule has 0 saturated heterocycles. The summed E-state index contributed by atoms with van der Waals surface area (Å²) in [4.78, 5) is 27.3. The number of anilines is 1. The summed E-state index contributed by atoms with van der Waals surface area (Å²) in [7, 11) is 1.82. The average Bonchev–Trinajstić information content (AvgIpc) is 3.20. The van der Waals surface area contributed by atoms with Gasteiger partial charge in [0.1, 0.15) is 0 Å². The van der Waals surface area contributed by atoms with E-state index in [4.69, 9.17) is 0 Å². The van der Waals surface area contributed by atoms with Gasteiger partial charge in [0.15, 0.2) is 11.6 Å². The molecular weight excluding hydrogens is 403 g/mol. The van der Waals surface area contributed by atoms with Gasteiger partial charge in [0.05, 0.1) is 5.56 Å². The highest BCUT2D eigenvalue weighted by molar-refractivity contribution is 6.02. The molecule has 6 heteroatoms. The maximum Gasteiger partial charge on any atom is 0.416 e. The smallest absolute Gasteiger partial charge is 0.371 e. The first-order valence-corrected chi connectivity index (χ1v) is 10.9. The maximum atomic E-state index is 13.6. The average molecular weight is 434 g/mol. The molecule has 168 valence electrons. The van der Waals surface area contributed by atoms with Crippen molar-refractivity contribution in [2.45, 2.75) is 77.9 Å². The molecule has 0 aromatic heterocycles. The van der Waals surface area contributed by atoms with Gasteiger partial charge in [-0.25, -0.2) is 0 Å². The lowest BCUT2D eigenvalue weighted by Gasteiger charge is -2.30. The summed E-state index contributed by atoms with van der Waals surface area (Å²) >= 11 is 0. The molecule has 31 heavy (non-hydrogen) atoms. The monoisotopic (exact) mass is 433 g/mol. The number of benzene rings is 1. The SMILES string of the molecule is CC1=CC(C)=C(CCC(=O)c2cc(C(F)(F)F)cc(N(C)C3CCCC3)c2C)C(=O)C1. The summed E-state index contributed by atoms with van der Waals surface area (Å²) in [6.07, 6.45) is 2.01. The van der Waals surface area contributed by atoms with E-state index in [0.29, 0.717) is 23.2 Å². The van der Waals surface area contributed by atoms with E-state index in [9.17, 15) is 22.8 Å². The van der Waals surface area contributed by atoms with E-state index in [-0.39, 0.29) is 36.0 Å². The van der Waals surface area contributed by atoms with Gasteiger partial charge in [0, 0.05) is 37.2 Å². The summed E-state index contributed by atoms with van der Waals surface area (Å²) in [6, 6.07) is 2.32. The normalized spacial score (nSPS) is 17.9. The lowest BCUT2D eigenvalue weighted by molar-refractivity contribution is -0.137. The number of alkyl halides is 3. The van der Waals surface area contributed by atoms with E-state index in [1.807, 2.05) is 31.9 Å². The molecule has 0 aliphatic heterocycles. The molecule has 0 N–H and O–H groups in total. The Bertz CT molecular complexity index is 950. The zero-order chi connectivity index (χ0) is 22.9. The fourth-order valence-corrected chi connectivity index (χ4v) is 4.80. The van der Waals surface area contributed by atoms with Crippen LogP contribution in [0.2, 0.25) is 0 Å². The number of hydrogen-bond acceptors (Lipinski definition) is 3. The number of carbonyl (C=O) groups is 2.